The maximum Gasteiger partial charge on any atom is 0.365 e. The summed E-state index contributed by atoms with van der Waals surface area (Å²) in [4.78, 5) is 55.7. The number of ether oxygens (including phenoxy) is 1. The minimum absolute atomic E-state index is 0.0494. The van der Waals surface area contributed by atoms with Crippen molar-refractivity contribution in [3.05, 3.63) is 11.1 Å². The summed E-state index contributed by atoms with van der Waals surface area (Å²) in [5.74, 6) is -4.11. The number of halogens is 1. The lowest BCUT2D eigenvalue weighted by Gasteiger charge is -2.42. The van der Waals surface area contributed by atoms with E-state index in [1.807, 2.05) is 0 Å². The average molecular weight is 484 g/mol. The van der Waals surface area contributed by atoms with Crippen molar-refractivity contribution in [1.82, 2.24) is 14.6 Å². The number of hydrogen-bond donors (Lipinski definition) is 3. The number of oxime groups is 1. The third-order valence-corrected chi connectivity index (χ3v) is 5.22. The van der Waals surface area contributed by atoms with E-state index in [0.717, 1.165) is 25.4 Å². The molecule has 17 heteroatoms. The molecule has 1 saturated heterocycles. The van der Waals surface area contributed by atoms with Crippen molar-refractivity contribution in [2.75, 3.05) is 18.3 Å². The number of aromatic nitrogens is 1. The molecule has 0 radical (unpaired) electrons. The van der Waals surface area contributed by atoms with Crippen LogP contribution >= 0.6 is 22.9 Å². The number of hydrogen-bond acceptors (Lipinski definition) is 11. The summed E-state index contributed by atoms with van der Waals surface area (Å²) in [6, 6.07) is -1.63. The number of alkyl halides is 1. The van der Waals surface area contributed by atoms with Gasteiger partial charge in [0.05, 0.1) is 0 Å². The van der Waals surface area contributed by atoms with Gasteiger partial charge in [0.15, 0.2) is 16.9 Å². The Morgan fingerprint density at radius 1 is 1.43 bits per heavy atom. The van der Waals surface area contributed by atoms with Gasteiger partial charge >= 0.3 is 16.3 Å². The maximum absolute atomic E-state index is 12.6. The molecule has 1 fully saturated rings. The molecule has 0 aromatic carbocycles. The molecule has 1 aliphatic rings. The minimum atomic E-state index is -5.03. The number of amides is 3. The number of anilines is 1. The first-order chi connectivity index (χ1) is 14.0. The van der Waals surface area contributed by atoms with Gasteiger partial charge in [-0.05, 0) is 0 Å². The van der Waals surface area contributed by atoms with Crippen LogP contribution in [0.1, 0.15) is 12.6 Å². The summed E-state index contributed by atoms with van der Waals surface area (Å²) in [6.07, 6.45) is -1.80. The van der Waals surface area contributed by atoms with Crippen molar-refractivity contribution in [3.8, 4) is 0 Å². The quantitative estimate of drug-likeness (QED) is 0.0997. The molecular weight excluding hydrogens is 470 g/mol. The van der Waals surface area contributed by atoms with Gasteiger partial charge in [-0.2, -0.15) is 12.7 Å². The molecule has 30 heavy (non-hydrogen) atoms. The fourth-order valence-corrected chi connectivity index (χ4v) is 3.75. The van der Waals surface area contributed by atoms with Crippen molar-refractivity contribution in [2.24, 2.45) is 5.16 Å². The van der Waals surface area contributed by atoms with Gasteiger partial charge in [-0.3, -0.25) is 23.7 Å². The Bertz CT molecular complexity index is 1010. The zero-order valence-electron chi connectivity index (χ0n) is 15.2. The number of esters is 1. The van der Waals surface area contributed by atoms with Crippen LogP contribution in [0.2, 0.25) is 0 Å². The third-order valence-electron chi connectivity index (χ3n) is 3.33. The van der Waals surface area contributed by atoms with Gasteiger partial charge in [-0.25, -0.2) is 4.98 Å². The molecule has 2 rings (SSSR count). The normalized spacial score (nSPS) is 19.0. The van der Waals surface area contributed by atoms with Gasteiger partial charge in [-0.15, -0.1) is 22.9 Å². The summed E-state index contributed by atoms with van der Waals surface area (Å²) >= 11 is 6.32. The monoisotopic (exact) mass is 483 g/mol. The Hall–Kier alpha value is -2.82. The van der Waals surface area contributed by atoms with Crippen LogP contribution in [0.25, 0.3) is 0 Å². The van der Waals surface area contributed by atoms with E-state index < -0.39 is 52.0 Å². The number of carbonyl (C=O) groups is 4. The predicted octanol–water partition coefficient (Wildman–Crippen LogP) is -1.31. The molecule has 14 nitrogen and oxygen atoms in total. The Morgan fingerprint density at radius 2 is 2.10 bits per heavy atom. The summed E-state index contributed by atoms with van der Waals surface area (Å²) in [5.41, 5.74) is -0.480. The van der Waals surface area contributed by atoms with Crippen molar-refractivity contribution in [2.45, 2.75) is 19.2 Å². The number of carbonyl (C=O) groups excluding carboxylic acids is 4. The number of β-lactam (4-membered cyclic amide) rings is 1. The van der Waals surface area contributed by atoms with Gasteiger partial charge in [0.1, 0.15) is 18.7 Å². The molecule has 164 valence electrons. The highest BCUT2D eigenvalue weighted by molar-refractivity contribution is 7.84. The molecule has 1 aliphatic heterocycles. The van der Waals surface area contributed by atoms with Crippen molar-refractivity contribution < 1.29 is 41.7 Å². The molecule has 0 saturated carbocycles. The second kappa shape index (κ2) is 9.33. The number of nitrogens with zero attached hydrogens (tertiary/aromatic N) is 3. The van der Waals surface area contributed by atoms with Crippen LogP contribution in [-0.4, -0.2) is 76.9 Å². The van der Waals surface area contributed by atoms with Gasteiger partial charge in [0.2, 0.25) is 12.1 Å². The molecule has 0 aliphatic carbocycles. The van der Waals surface area contributed by atoms with Crippen LogP contribution < -0.4 is 10.6 Å². The topological polar surface area (TPSA) is 194 Å². The molecule has 2 heterocycles. The second-order valence-corrected chi connectivity index (χ2v) is 7.82. The van der Waals surface area contributed by atoms with E-state index in [1.54, 1.807) is 0 Å². The van der Waals surface area contributed by atoms with E-state index in [4.69, 9.17) is 16.2 Å². The first-order valence-electron chi connectivity index (χ1n) is 7.71. The Balaban J connectivity index is 2.22. The summed E-state index contributed by atoms with van der Waals surface area (Å²) in [7, 11) is -3.90. The van der Waals surface area contributed by atoms with Gasteiger partial charge < -0.3 is 20.2 Å². The van der Waals surface area contributed by atoms with Crippen LogP contribution in [-0.2, 0) is 39.1 Å². The fourth-order valence-electron chi connectivity index (χ4n) is 2.20. The molecule has 1 aromatic rings. The molecule has 1 aromatic heterocycles. The summed E-state index contributed by atoms with van der Waals surface area (Å²) < 4.78 is 36.2. The van der Waals surface area contributed by atoms with Gasteiger partial charge in [-0.1, -0.05) is 5.16 Å². The number of nitrogens with one attached hydrogen (secondary N) is 2. The van der Waals surface area contributed by atoms with Gasteiger partial charge in [0.25, 0.3) is 11.8 Å². The predicted molar refractivity (Wildman–Crippen MR) is 101 cm³/mol. The van der Waals surface area contributed by atoms with E-state index in [-0.39, 0.29) is 21.0 Å². The van der Waals surface area contributed by atoms with E-state index in [2.05, 4.69) is 30.3 Å². The first-order valence-corrected chi connectivity index (χ1v) is 10.5. The Morgan fingerprint density at radius 3 is 2.63 bits per heavy atom. The fraction of sp³-hybridized carbons (Fsp3) is 0.385. The number of thiazole rings is 1. The van der Waals surface area contributed by atoms with E-state index >= 15 is 0 Å². The molecule has 3 N–H and O–H groups in total. The first kappa shape index (κ1) is 23.5. The highest BCUT2D eigenvalue weighted by Gasteiger charge is 2.56. The summed E-state index contributed by atoms with van der Waals surface area (Å²) in [5, 5.41) is 9.45. The molecule has 0 spiro atoms. The van der Waals surface area contributed by atoms with E-state index in [9.17, 15) is 27.6 Å². The van der Waals surface area contributed by atoms with Crippen molar-refractivity contribution in [1.29, 1.82) is 0 Å². The maximum atomic E-state index is 12.6. The molecule has 0 unspecified atom stereocenters. The van der Waals surface area contributed by atoms with Crippen LogP contribution in [0.15, 0.2) is 10.5 Å². The average Bonchev–Trinajstić information content (AvgIpc) is 3.09. The molecule has 3 amide bonds. The Labute approximate surface area is 178 Å². The smallest absolute Gasteiger partial charge is 0.365 e. The highest BCUT2D eigenvalue weighted by atomic mass is 35.5. The van der Waals surface area contributed by atoms with Gasteiger partial charge in [0, 0.05) is 12.3 Å². The third kappa shape index (κ3) is 5.21. The Kier molecular flexibility index (Phi) is 7.30. The number of rotatable bonds is 8. The lowest BCUT2D eigenvalue weighted by Crippen LogP contribution is -2.73. The second-order valence-electron chi connectivity index (χ2n) is 5.41. The van der Waals surface area contributed by atoms with E-state index in [1.165, 1.54) is 5.38 Å². The standard InChI is InChI=1S/C13H14ClN5O9S2/c1-5(20)28-12-9(11(23)19(12)30(24,25)26)17-10(22)8(18-27-2)6-4-29-13(15-6)16-7(21)3-14/h4,9,12H,3H2,1-2H3,(H,17,22)(H,15,16,21)(H,24,25,26)/t9-,12-/m1/s1. The summed E-state index contributed by atoms with van der Waals surface area (Å²) in [6.45, 7) is 0.938. The lowest BCUT2D eigenvalue weighted by molar-refractivity contribution is -0.178. The zero-order valence-corrected chi connectivity index (χ0v) is 17.6. The van der Waals surface area contributed by atoms with Crippen molar-refractivity contribution in [3.63, 3.8) is 0 Å². The van der Waals surface area contributed by atoms with Crippen LogP contribution in [0.4, 0.5) is 5.13 Å². The highest BCUT2D eigenvalue weighted by Crippen LogP contribution is 2.25. The van der Waals surface area contributed by atoms with Crippen LogP contribution in [0.5, 0.6) is 0 Å². The largest absolute Gasteiger partial charge is 0.438 e. The lowest BCUT2D eigenvalue weighted by atomic mass is 10.1. The zero-order chi connectivity index (χ0) is 22.6. The van der Waals surface area contributed by atoms with E-state index in [0.29, 0.717) is 0 Å². The minimum Gasteiger partial charge on any atom is -0.438 e. The van der Waals surface area contributed by atoms with Crippen LogP contribution in [0, 0.1) is 0 Å². The van der Waals surface area contributed by atoms with Crippen molar-refractivity contribution >= 4 is 67.8 Å². The molecule has 2 atom stereocenters. The molecule has 0 bridgehead atoms. The SMILES string of the molecule is CON=C(C(=O)N[C@@H]1C(=O)N(S(=O)(=O)O)[C@@H]1OC(C)=O)c1csc(NC(=O)CCl)n1. The van der Waals surface area contributed by atoms with Crippen LogP contribution in [0.3, 0.4) is 0 Å². The molecular formula is C13H14ClN5O9S2.